The minimum atomic E-state index is -4.45. The van der Waals surface area contributed by atoms with Crippen molar-refractivity contribution in [1.29, 1.82) is 0 Å². The third-order valence-corrected chi connectivity index (χ3v) is 10.6. The summed E-state index contributed by atoms with van der Waals surface area (Å²) in [6.45, 7) is 7.13. The van der Waals surface area contributed by atoms with Gasteiger partial charge in [-0.2, -0.15) is 0 Å². The summed E-state index contributed by atoms with van der Waals surface area (Å²) in [5.74, 6) is -0.374. The van der Waals surface area contributed by atoms with Crippen LogP contribution in [0.25, 0.3) is 0 Å². The van der Waals surface area contributed by atoms with Crippen molar-refractivity contribution in [3.63, 3.8) is 0 Å². The second-order valence-corrected chi connectivity index (χ2v) is 13.1. The first kappa shape index (κ1) is 26.4. The van der Waals surface area contributed by atoms with Gasteiger partial charge in [0, 0.05) is 6.42 Å². The maximum atomic E-state index is 13.6. The van der Waals surface area contributed by atoms with Gasteiger partial charge in [-0.05, 0) is 51.0 Å². The highest BCUT2D eigenvalue weighted by Crippen LogP contribution is 2.43. The predicted octanol–water partition coefficient (Wildman–Crippen LogP) is 4.59. The molecule has 0 unspecified atom stereocenters. The number of esters is 1. The lowest BCUT2D eigenvalue weighted by molar-refractivity contribution is -0.149. The van der Waals surface area contributed by atoms with Gasteiger partial charge >= 0.3 is 5.97 Å². The molecule has 1 atom stereocenters. The Hall–Kier alpha value is -2.23. The SMILES string of the molecule is CCCC1(CCC)C[C@@H](CN(S(=O)(=O)c2ccc(C)cc2)S(=O)(=O)c2ccc(C)cc2)OC1=O. The Morgan fingerprint density at radius 3 is 1.62 bits per heavy atom. The predicted molar refractivity (Wildman–Crippen MR) is 130 cm³/mol. The summed E-state index contributed by atoms with van der Waals surface area (Å²) in [5, 5.41) is 0. The van der Waals surface area contributed by atoms with Crippen molar-refractivity contribution in [2.24, 2.45) is 5.41 Å². The van der Waals surface area contributed by atoms with Crippen LogP contribution < -0.4 is 0 Å². The third kappa shape index (κ3) is 5.21. The number of ether oxygens (including phenoxy) is 1. The number of benzene rings is 2. The van der Waals surface area contributed by atoms with E-state index in [-0.39, 0.29) is 22.2 Å². The zero-order chi connectivity index (χ0) is 25.1. The molecule has 7 nitrogen and oxygen atoms in total. The Labute approximate surface area is 203 Å². The first-order valence-electron chi connectivity index (χ1n) is 11.6. The fourth-order valence-corrected chi connectivity index (χ4v) is 8.28. The van der Waals surface area contributed by atoms with Crippen LogP contribution in [0, 0.1) is 19.3 Å². The summed E-state index contributed by atoms with van der Waals surface area (Å²) in [7, 11) is -8.89. The van der Waals surface area contributed by atoms with E-state index in [0.717, 1.165) is 24.0 Å². The number of hydrogen-bond donors (Lipinski definition) is 0. The molecule has 34 heavy (non-hydrogen) atoms. The smallest absolute Gasteiger partial charge is 0.312 e. The standard InChI is InChI=1S/C25H33NO6S2/c1-5-15-25(16-6-2)17-21(32-24(25)27)18-26(33(28,29)22-11-7-19(3)8-12-22)34(30,31)23-13-9-20(4)10-14-23/h7-14,21H,5-6,15-18H2,1-4H3/t21-/m0/s1. The lowest BCUT2D eigenvalue weighted by Gasteiger charge is -2.25. The van der Waals surface area contributed by atoms with Gasteiger partial charge in [0.1, 0.15) is 6.10 Å². The minimum Gasteiger partial charge on any atom is -0.460 e. The maximum Gasteiger partial charge on any atom is 0.312 e. The number of cyclic esters (lactones) is 1. The summed E-state index contributed by atoms with van der Waals surface area (Å²) >= 11 is 0. The molecule has 2 aromatic rings. The molecule has 1 aliphatic heterocycles. The molecular formula is C25H33NO6S2. The first-order chi connectivity index (χ1) is 16.0. The molecule has 2 aromatic carbocycles. The van der Waals surface area contributed by atoms with Gasteiger partial charge in [0.2, 0.25) is 0 Å². The highest BCUT2D eigenvalue weighted by atomic mass is 32.3. The van der Waals surface area contributed by atoms with Crippen molar-refractivity contribution in [2.45, 2.75) is 75.7 Å². The van der Waals surface area contributed by atoms with Gasteiger partial charge in [0.15, 0.2) is 0 Å². The number of carbonyl (C=O) groups excluding carboxylic acids is 1. The normalized spacial score (nSPS) is 18.3. The van der Waals surface area contributed by atoms with Crippen LogP contribution in [0.5, 0.6) is 0 Å². The van der Waals surface area contributed by atoms with Crippen LogP contribution >= 0.6 is 0 Å². The molecule has 9 heteroatoms. The Bertz CT molecular complexity index is 1140. The lowest BCUT2D eigenvalue weighted by Crippen LogP contribution is -2.42. The zero-order valence-electron chi connectivity index (χ0n) is 20.2. The van der Waals surface area contributed by atoms with Gasteiger partial charge in [-0.15, -0.1) is 0 Å². The molecule has 1 aliphatic rings. The van der Waals surface area contributed by atoms with Crippen molar-refractivity contribution < 1.29 is 26.4 Å². The molecule has 186 valence electrons. The molecule has 0 aromatic heterocycles. The Balaban J connectivity index is 2.05. The topological polar surface area (TPSA) is 97.8 Å². The Kier molecular flexibility index (Phi) is 7.89. The van der Waals surface area contributed by atoms with Gasteiger partial charge < -0.3 is 4.74 Å². The highest BCUT2D eigenvalue weighted by molar-refractivity contribution is 8.04. The average molecular weight is 508 g/mol. The quantitative estimate of drug-likeness (QED) is 0.437. The van der Waals surface area contributed by atoms with E-state index >= 15 is 0 Å². The molecular weight excluding hydrogens is 474 g/mol. The first-order valence-corrected chi connectivity index (χ1v) is 14.5. The van der Waals surface area contributed by atoms with Gasteiger partial charge in [-0.1, -0.05) is 65.8 Å². The summed E-state index contributed by atoms with van der Waals surface area (Å²) < 4.78 is 60.6. The molecule has 0 radical (unpaired) electrons. The van der Waals surface area contributed by atoms with E-state index in [1.807, 2.05) is 27.7 Å². The van der Waals surface area contributed by atoms with Gasteiger partial charge in [0.25, 0.3) is 20.0 Å². The molecule has 3 rings (SSSR count). The Morgan fingerprint density at radius 2 is 1.24 bits per heavy atom. The monoisotopic (exact) mass is 507 g/mol. The number of sulfonamides is 2. The summed E-state index contributed by atoms with van der Waals surface area (Å²) in [4.78, 5) is 12.6. The number of hydrogen-bond acceptors (Lipinski definition) is 6. The van der Waals surface area contributed by atoms with Gasteiger partial charge in [-0.3, -0.25) is 4.79 Å². The van der Waals surface area contributed by atoms with Crippen LogP contribution in [0.3, 0.4) is 0 Å². The zero-order valence-corrected chi connectivity index (χ0v) is 21.8. The summed E-state index contributed by atoms with van der Waals surface area (Å²) in [6, 6.07) is 12.0. The van der Waals surface area contributed by atoms with E-state index in [2.05, 4.69) is 0 Å². The average Bonchev–Trinajstić information content (AvgIpc) is 3.07. The number of rotatable bonds is 10. The van der Waals surface area contributed by atoms with E-state index in [9.17, 15) is 21.6 Å². The maximum absolute atomic E-state index is 13.6. The molecule has 0 bridgehead atoms. The third-order valence-electron chi connectivity index (χ3n) is 6.31. The van der Waals surface area contributed by atoms with Crippen LogP contribution in [0.4, 0.5) is 0 Å². The van der Waals surface area contributed by atoms with E-state index < -0.39 is 38.1 Å². The van der Waals surface area contributed by atoms with Crippen LogP contribution in [0.1, 0.15) is 57.1 Å². The van der Waals surface area contributed by atoms with Crippen molar-refractivity contribution >= 4 is 26.0 Å². The minimum absolute atomic E-state index is 0.133. The van der Waals surface area contributed by atoms with E-state index in [1.54, 1.807) is 24.3 Å². The van der Waals surface area contributed by atoms with E-state index in [1.165, 1.54) is 24.3 Å². The molecule has 0 spiro atoms. The van der Waals surface area contributed by atoms with E-state index in [4.69, 9.17) is 4.74 Å². The van der Waals surface area contributed by atoms with Gasteiger partial charge in [-0.25, -0.2) is 16.8 Å². The fraction of sp³-hybridized carbons (Fsp3) is 0.480. The summed E-state index contributed by atoms with van der Waals surface area (Å²) in [5.41, 5.74) is 0.988. The van der Waals surface area contributed by atoms with Crippen LogP contribution in [-0.2, 0) is 29.6 Å². The van der Waals surface area contributed by atoms with Crippen molar-refractivity contribution in [3.05, 3.63) is 59.7 Å². The van der Waals surface area contributed by atoms with E-state index in [0.29, 0.717) is 16.6 Å². The molecule has 0 saturated carbocycles. The second kappa shape index (κ2) is 10.2. The molecule has 1 saturated heterocycles. The molecule has 0 N–H and O–H groups in total. The molecule has 1 heterocycles. The number of aryl methyl sites for hydroxylation is 2. The highest BCUT2D eigenvalue weighted by Gasteiger charge is 2.50. The number of carbonyl (C=O) groups is 1. The summed E-state index contributed by atoms with van der Waals surface area (Å²) in [6.07, 6.45) is 2.21. The fourth-order valence-electron chi connectivity index (χ4n) is 4.58. The van der Waals surface area contributed by atoms with Crippen LogP contribution in [-0.4, -0.2) is 39.2 Å². The second-order valence-electron chi connectivity index (χ2n) is 9.10. The van der Waals surface area contributed by atoms with Crippen molar-refractivity contribution in [3.8, 4) is 0 Å². The van der Waals surface area contributed by atoms with Crippen LogP contribution in [0.15, 0.2) is 58.3 Å². The largest absolute Gasteiger partial charge is 0.460 e. The van der Waals surface area contributed by atoms with Gasteiger partial charge in [0.05, 0.1) is 21.8 Å². The lowest BCUT2D eigenvalue weighted by atomic mass is 9.77. The Morgan fingerprint density at radius 1 is 0.824 bits per heavy atom. The van der Waals surface area contributed by atoms with Crippen LogP contribution in [0.2, 0.25) is 0 Å². The molecule has 1 fully saturated rings. The number of nitrogens with zero attached hydrogens (tertiary/aromatic N) is 1. The molecule has 0 amide bonds. The van der Waals surface area contributed by atoms with Crippen molar-refractivity contribution in [2.75, 3.05) is 6.54 Å². The molecule has 0 aliphatic carbocycles. The van der Waals surface area contributed by atoms with Crippen molar-refractivity contribution in [1.82, 2.24) is 3.71 Å².